The van der Waals surface area contributed by atoms with E-state index >= 15 is 0 Å². The van der Waals surface area contributed by atoms with Gasteiger partial charge in [0.05, 0.1) is 37.2 Å². The first kappa shape index (κ1) is 20.9. The van der Waals surface area contributed by atoms with Crippen molar-refractivity contribution in [2.45, 2.75) is 13.8 Å². The van der Waals surface area contributed by atoms with Gasteiger partial charge in [-0.15, -0.1) is 0 Å². The third-order valence-corrected chi connectivity index (χ3v) is 6.00. The molecule has 1 aliphatic heterocycles. The highest BCUT2D eigenvalue weighted by Gasteiger charge is 2.29. The lowest BCUT2D eigenvalue weighted by Crippen LogP contribution is -2.21. The fourth-order valence-electron chi connectivity index (χ4n) is 2.62. The van der Waals surface area contributed by atoms with Crippen molar-refractivity contribution >= 4 is 91.8 Å². The summed E-state index contributed by atoms with van der Waals surface area (Å²) in [4.78, 5) is 13.0. The van der Waals surface area contributed by atoms with Gasteiger partial charge in [-0.2, -0.15) is 10.1 Å². The van der Waals surface area contributed by atoms with Gasteiger partial charge in [0.15, 0.2) is 0 Å². The number of hydrogen-bond donors (Lipinski definition) is 0. The number of anilines is 1. The predicted octanol–water partition coefficient (Wildman–Crippen LogP) is 6.41. The van der Waals surface area contributed by atoms with Crippen LogP contribution in [0.4, 0.5) is 5.69 Å². The molecule has 0 unspecified atom stereocenters. The molecule has 0 atom stereocenters. The molecule has 2 aromatic rings. The van der Waals surface area contributed by atoms with Crippen LogP contribution in [0.1, 0.15) is 19.4 Å². The lowest BCUT2D eigenvalue weighted by Gasteiger charge is -2.13. The van der Waals surface area contributed by atoms with Crippen molar-refractivity contribution in [2.24, 2.45) is 5.10 Å². The van der Waals surface area contributed by atoms with E-state index < -0.39 is 0 Å². The van der Waals surface area contributed by atoms with Gasteiger partial charge in [0, 0.05) is 9.13 Å². The summed E-state index contributed by atoms with van der Waals surface area (Å²) < 4.78 is 7.85. The molecular weight excluding hydrogens is 613 g/mol. The number of nitrogens with zero attached hydrogens (tertiary/aromatic N) is 2. The van der Waals surface area contributed by atoms with E-state index in [2.05, 4.69) is 50.3 Å². The van der Waals surface area contributed by atoms with Crippen LogP contribution in [-0.4, -0.2) is 18.2 Å². The summed E-state index contributed by atoms with van der Waals surface area (Å²) in [6.07, 6.45) is 1.83. The van der Waals surface area contributed by atoms with E-state index in [0.29, 0.717) is 33.6 Å². The van der Waals surface area contributed by atoms with Gasteiger partial charge in [-0.3, -0.25) is 4.79 Å². The molecule has 0 fully saturated rings. The van der Waals surface area contributed by atoms with Crippen LogP contribution in [0.2, 0.25) is 10.0 Å². The third kappa shape index (κ3) is 4.44. The number of hydrogen-bond acceptors (Lipinski definition) is 3. The molecule has 0 spiro atoms. The highest BCUT2D eigenvalue weighted by atomic mass is 127. The van der Waals surface area contributed by atoms with Crippen LogP contribution in [0.25, 0.3) is 6.08 Å². The molecule has 0 bridgehead atoms. The summed E-state index contributed by atoms with van der Waals surface area (Å²) >= 11 is 16.5. The van der Waals surface area contributed by atoms with Crippen LogP contribution >= 0.6 is 68.4 Å². The number of carbonyl (C=O) groups is 1. The first-order valence-corrected chi connectivity index (χ1v) is 10.9. The monoisotopic (exact) mass is 626 g/mol. The topological polar surface area (TPSA) is 41.9 Å². The Morgan fingerprint density at radius 3 is 2.59 bits per heavy atom. The molecule has 0 aliphatic carbocycles. The summed E-state index contributed by atoms with van der Waals surface area (Å²) in [5.41, 5.74) is 2.56. The molecule has 1 aliphatic rings. The fourth-order valence-corrected chi connectivity index (χ4v) is 4.95. The van der Waals surface area contributed by atoms with Crippen LogP contribution in [0, 0.1) is 7.14 Å². The average Bonchev–Trinajstić information content (AvgIpc) is 2.88. The number of rotatable bonds is 4. The van der Waals surface area contributed by atoms with Gasteiger partial charge >= 0.3 is 0 Å². The smallest absolute Gasteiger partial charge is 0.280 e. The molecule has 0 N–H and O–H groups in total. The average molecular weight is 627 g/mol. The van der Waals surface area contributed by atoms with Gasteiger partial charge in [0.1, 0.15) is 5.75 Å². The summed E-state index contributed by atoms with van der Waals surface area (Å²) in [6.45, 7) is 4.29. The Bertz CT molecular complexity index is 990. The number of hydrazone groups is 1. The maximum absolute atomic E-state index is 13.0. The van der Waals surface area contributed by atoms with Gasteiger partial charge < -0.3 is 4.74 Å². The van der Waals surface area contributed by atoms with Gasteiger partial charge in [-0.05, 0) is 95.4 Å². The van der Waals surface area contributed by atoms with E-state index in [0.717, 1.165) is 18.5 Å². The minimum Gasteiger partial charge on any atom is -0.492 e. The molecule has 140 valence electrons. The molecular formula is C19H14Cl2I2N2O2. The highest BCUT2D eigenvalue weighted by molar-refractivity contribution is 14.1. The lowest BCUT2D eigenvalue weighted by atomic mass is 10.1. The molecule has 4 nitrogen and oxygen atoms in total. The van der Waals surface area contributed by atoms with Crippen molar-refractivity contribution < 1.29 is 9.53 Å². The van der Waals surface area contributed by atoms with Crippen molar-refractivity contribution in [2.75, 3.05) is 11.6 Å². The molecule has 0 saturated carbocycles. The molecule has 1 amide bonds. The summed E-state index contributed by atoms with van der Waals surface area (Å²) in [6, 6.07) is 9.01. The van der Waals surface area contributed by atoms with Crippen LogP contribution in [0.3, 0.4) is 0 Å². The van der Waals surface area contributed by atoms with E-state index in [1.807, 2.05) is 25.1 Å². The SMILES string of the molecule is CCOc1c(I)cc(I)cc1C=C1C(=O)N(c2ccc(Cl)c(Cl)c2)N=C1C. The number of carbonyl (C=O) groups excluding carboxylic acids is 1. The predicted molar refractivity (Wildman–Crippen MR) is 128 cm³/mol. The molecule has 0 saturated heterocycles. The zero-order valence-corrected chi connectivity index (χ0v) is 20.2. The Balaban J connectivity index is 2.03. The highest BCUT2D eigenvalue weighted by Crippen LogP contribution is 2.34. The van der Waals surface area contributed by atoms with E-state index in [-0.39, 0.29) is 5.91 Å². The molecule has 2 aromatic carbocycles. The zero-order valence-electron chi connectivity index (χ0n) is 14.4. The Morgan fingerprint density at radius 2 is 1.93 bits per heavy atom. The maximum Gasteiger partial charge on any atom is 0.280 e. The number of ether oxygens (including phenoxy) is 1. The summed E-state index contributed by atoms with van der Waals surface area (Å²) in [5.74, 6) is 0.543. The second-order valence-corrected chi connectivity index (χ2v) is 8.92. The van der Waals surface area contributed by atoms with Gasteiger partial charge in [0.25, 0.3) is 5.91 Å². The molecule has 1 heterocycles. The van der Waals surface area contributed by atoms with Crippen LogP contribution in [0.15, 0.2) is 41.0 Å². The summed E-state index contributed by atoms with van der Waals surface area (Å²) in [7, 11) is 0. The van der Waals surface area contributed by atoms with Gasteiger partial charge in [-0.25, -0.2) is 0 Å². The van der Waals surface area contributed by atoms with Gasteiger partial charge in [-0.1, -0.05) is 23.2 Å². The number of benzene rings is 2. The van der Waals surface area contributed by atoms with Crippen molar-refractivity contribution in [3.63, 3.8) is 0 Å². The minimum atomic E-state index is -0.220. The van der Waals surface area contributed by atoms with E-state index in [9.17, 15) is 4.79 Å². The van der Waals surface area contributed by atoms with Crippen molar-refractivity contribution in [3.05, 3.63) is 58.7 Å². The fraction of sp³-hybridized carbons (Fsp3) is 0.158. The van der Waals surface area contributed by atoms with E-state index in [1.165, 1.54) is 5.01 Å². The molecule has 8 heteroatoms. The Labute approximate surface area is 194 Å². The molecule has 3 rings (SSSR count). The third-order valence-electron chi connectivity index (χ3n) is 3.84. The summed E-state index contributed by atoms with van der Waals surface area (Å²) in [5, 5.41) is 6.53. The van der Waals surface area contributed by atoms with Crippen molar-refractivity contribution in [1.29, 1.82) is 0 Å². The molecule has 0 aromatic heterocycles. The first-order chi connectivity index (χ1) is 12.8. The second-order valence-electron chi connectivity index (χ2n) is 5.70. The minimum absolute atomic E-state index is 0.220. The van der Waals surface area contributed by atoms with E-state index in [1.54, 1.807) is 25.1 Å². The zero-order chi connectivity index (χ0) is 19.7. The first-order valence-electron chi connectivity index (χ1n) is 8.00. The Hall–Kier alpha value is -0.840. The van der Waals surface area contributed by atoms with Gasteiger partial charge in [0.2, 0.25) is 0 Å². The van der Waals surface area contributed by atoms with Crippen LogP contribution in [0.5, 0.6) is 5.75 Å². The standard InChI is InChI=1S/C19H14Cl2I2N2O2/c1-3-27-18-11(6-12(22)8-17(18)23)7-14-10(2)24-25(19(14)26)13-4-5-15(20)16(21)9-13/h4-9H,3H2,1-2H3. The second kappa shape index (κ2) is 8.67. The molecule has 27 heavy (non-hydrogen) atoms. The maximum atomic E-state index is 13.0. The number of amides is 1. The van der Waals surface area contributed by atoms with Crippen LogP contribution < -0.4 is 9.75 Å². The van der Waals surface area contributed by atoms with Crippen molar-refractivity contribution in [3.8, 4) is 5.75 Å². The normalized spacial score (nSPS) is 15.5. The van der Waals surface area contributed by atoms with Crippen molar-refractivity contribution in [1.82, 2.24) is 0 Å². The Morgan fingerprint density at radius 1 is 1.19 bits per heavy atom. The number of halogens is 4. The lowest BCUT2D eigenvalue weighted by molar-refractivity contribution is -0.114. The van der Waals surface area contributed by atoms with Crippen LogP contribution in [-0.2, 0) is 4.79 Å². The van der Waals surface area contributed by atoms with E-state index in [4.69, 9.17) is 27.9 Å². The Kier molecular flexibility index (Phi) is 6.70. The largest absolute Gasteiger partial charge is 0.492 e. The quantitative estimate of drug-likeness (QED) is 0.291. The molecule has 0 radical (unpaired) electrons.